The first-order valence-electron chi connectivity index (χ1n) is 7.16. The summed E-state index contributed by atoms with van der Waals surface area (Å²) >= 11 is 0. The smallest absolute Gasteiger partial charge is 0.243 e. The van der Waals surface area contributed by atoms with Crippen LogP contribution < -0.4 is 5.32 Å². The third-order valence-electron chi connectivity index (χ3n) is 3.99. The topological polar surface area (TPSA) is 49.4 Å². The average Bonchev–Trinajstić information content (AvgIpc) is 3.22. The normalized spacial score (nSPS) is 15.8. The van der Waals surface area contributed by atoms with Crippen LogP contribution in [0.15, 0.2) is 17.0 Å². The second-order valence-electron chi connectivity index (χ2n) is 5.61. The molecule has 1 aromatic carbocycles. The fourth-order valence-electron chi connectivity index (χ4n) is 2.16. The van der Waals surface area contributed by atoms with E-state index in [1.807, 2.05) is 26.8 Å². The molecule has 0 radical (unpaired) electrons. The van der Waals surface area contributed by atoms with Gasteiger partial charge in [-0.3, -0.25) is 0 Å². The van der Waals surface area contributed by atoms with Crippen molar-refractivity contribution >= 4 is 10.0 Å². The molecule has 0 amide bonds. The fraction of sp³-hybridized carbons (Fsp3) is 0.600. The second-order valence-corrected chi connectivity index (χ2v) is 7.62. The van der Waals surface area contributed by atoms with Crippen molar-refractivity contribution < 1.29 is 8.42 Å². The predicted octanol–water partition coefficient (Wildman–Crippen LogP) is 2.20. The van der Waals surface area contributed by atoms with E-state index in [0.29, 0.717) is 17.5 Å². The van der Waals surface area contributed by atoms with Crippen LogP contribution in [0.2, 0.25) is 0 Å². The molecule has 112 valence electrons. The SMILES string of the molecule is CCN(C)S(=O)(=O)c1cc(CNC2CC2)cc(C)c1C. The fourth-order valence-corrected chi connectivity index (χ4v) is 3.68. The van der Waals surface area contributed by atoms with Crippen LogP contribution in [0.3, 0.4) is 0 Å². The van der Waals surface area contributed by atoms with Gasteiger partial charge in [-0.05, 0) is 49.4 Å². The molecule has 1 aliphatic rings. The van der Waals surface area contributed by atoms with Gasteiger partial charge in [0.1, 0.15) is 0 Å². The van der Waals surface area contributed by atoms with Crippen molar-refractivity contribution in [3.8, 4) is 0 Å². The van der Waals surface area contributed by atoms with Crippen molar-refractivity contribution in [1.29, 1.82) is 0 Å². The van der Waals surface area contributed by atoms with Crippen LogP contribution in [0.25, 0.3) is 0 Å². The van der Waals surface area contributed by atoms with E-state index in [1.165, 1.54) is 17.1 Å². The van der Waals surface area contributed by atoms with E-state index in [9.17, 15) is 8.42 Å². The van der Waals surface area contributed by atoms with E-state index >= 15 is 0 Å². The Morgan fingerprint density at radius 1 is 1.30 bits per heavy atom. The molecule has 0 aromatic heterocycles. The molecule has 0 atom stereocenters. The Kier molecular flexibility index (Phi) is 4.52. The highest BCUT2D eigenvalue weighted by molar-refractivity contribution is 7.89. The van der Waals surface area contributed by atoms with Crippen molar-refractivity contribution in [2.75, 3.05) is 13.6 Å². The molecule has 0 saturated heterocycles. The zero-order valence-electron chi connectivity index (χ0n) is 12.7. The second kappa shape index (κ2) is 5.84. The zero-order chi connectivity index (χ0) is 14.9. The molecule has 0 spiro atoms. The first-order chi connectivity index (χ1) is 9.36. The third kappa shape index (κ3) is 3.22. The highest BCUT2D eigenvalue weighted by Crippen LogP contribution is 2.25. The van der Waals surface area contributed by atoms with Crippen molar-refractivity contribution in [1.82, 2.24) is 9.62 Å². The molecule has 1 aromatic rings. The van der Waals surface area contributed by atoms with Crippen LogP contribution in [0, 0.1) is 13.8 Å². The molecule has 5 heteroatoms. The van der Waals surface area contributed by atoms with Crippen LogP contribution in [0.5, 0.6) is 0 Å². The third-order valence-corrected chi connectivity index (χ3v) is 6.04. The molecule has 0 heterocycles. The van der Waals surface area contributed by atoms with Gasteiger partial charge in [-0.1, -0.05) is 13.0 Å². The largest absolute Gasteiger partial charge is 0.310 e. The van der Waals surface area contributed by atoms with E-state index in [-0.39, 0.29) is 0 Å². The Morgan fingerprint density at radius 3 is 2.50 bits per heavy atom. The molecule has 4 nitrogen and oxygen atoms in total. The van der Waals surface area contributed by atoms with Crippen LogP contribution in [0.4, 0.5) is 0 Å². The maximum Gasteiger partial charge on any atom is 0.243 e. The summed E-state index contributed by atoms with van der Waals surface area (Å²) in [6, 6.07) is 4.52. The molecule has 2 rings (SSSR count). The van der Waals surface area contributed by atoms with Crippen LogP contribution >= 0.6 is 0 Å². The van der Waals surface area contributed by atoms with E-state index < -0.39 is 10.0 Å². The summed E-state index contributed by atoms with van der Waals surface area (Å²) in [6.45, 7) is 6.92. The van der Waals surface area contributed by atoms with E-state index in [2.05, 4.69) is 11.4 Å². The molecule has 0 aliphatic heterocycles. The first kappa shape index (κ1) is 15.5. The van der Waals surface area contributed by atoms with Gasteiger partial charge in [0, 0.05) is 26.2 Å². The molecule has 20 heavy (non-hydrogen) atoms. The number of hydrogen-bond donors (Lipinski definition) is 1. The lowest BCUT2D eigenvalue weighted by Gasteiger charge is -2.19. The molecule has 1 fully saturated rings. The predicted molar refractivity (Wildman–Crippen MR) is 81.3 cm³/mol. The maximum atomic E-state index is 12.5. The van der Waals surface area contributed by atoms with Crippen LogP contribution in [-0.4, -0.2) is 32.4 Å². The minimum absolute atomic E-state index is 0.439. The quantitative estimate of drug-likeness (QED) is 0.875. The lowest BCUT2D eigenvalue weighted by molar-refractivity contribution is 0.485. The number of hydrogen-bond acceptors (Lipinski definition) is 3. The summed E-state index contributed by atoms with van der Waals surface area (Å²) in [6.07, 6.45) is 2.46. The number of rotatable bonds is 6. The summed E-state index contributed by atoms with van der Waals surface area (Å²) in [5, 5.41) is 3.43. The molecule has 1 saturated carbocycles. The van der Waals surface area contributed by atoms with Gasteiger partial charge in [0.2, 0.25) is 10.0 Å². The Bertz CT molecular complexity index is 592. The van der Waals surface area contributed by atoms with Crippen LogP contribution in [-0.2, 0) is 16.6 Å². The number of nitrogens with one attached hydrogen (secondary N) is 1. The summed E-state index contributed by atoms with van der Waals surface area (Å²) in [7, 11) is -1.76. The van der Waals surface area contributed by atoms with Gasteiger partial charge in [0.15, 0.2) is 0 Å². The Morgan fingerprint density at radius 2 is 1.95 bits per heavy atom. The van der Waals surface area contributed by atoms with Gasteiger partial charge < -0.3 is 5.32 Å². The lowest BCUT2D eigenvalue weighted by atomic mass is 10.1. The first-order valence-corrected chi connectivity index (χ1v) is 8.60. The highest BCUT2D eigenvalue weighted by Gasteiger charge is 2.24. The molecular weight excluding hydrogens is 272 g/mol. The monoisotopic (exact) mass is 296 g/mol. The molecule has 0 unspecified atom stereocenters. The summed E-state index contributed by atoms with van der Waals surface area (Å²) in [4.78, 5) is 0.439. The number of aryl methyl sites for hydroxylation is 1. The molecule has 1 N–H and O–H groups in total. The standard InChI is InChI=1S/C15H24N2O2S/c1-5-17(4)20(18,19)15-9-13(8-11(2)12(15)3)10-16-14-6-7-14/h8-9,14,16H,5-7,10H2,1-4H3. The number of benzene rings is 1. The van der Waals surface area contributed by atoms with Crippen LogP contribution in [0.1, 0.15) is 36.5 Å². The van der Waals surface area contributed by atoms with E-state index in [1.54, 1.807) is 7.05 Å². The van der Waals surface area contributed by atoms with Gasteiger partial charge in [0.05, 0.1) is 4.90 Å². The zero-order valence-corrected chi connectivity index (χ0v) is 13.5. The minimum Gasteiger partial charge on any atom is -0.310 e. The van der Waals surface area contributed by atoms with Crippen molar-refractivity contribution in [3.05, 3.63) is 28.8 Å². The maximum absolute atomic E-state index is 12.5. The van der Waals surface area contributed by atoms with Gasteiger partial charge in [-0.25, -0.2) is 12.7 Å². The lowest BCUT2D eigenvalue weighted by Crippen LogP contribution is -2.27. The summed E-state index contributed by atoms with van der Waals surface area (Å²) < 4.78 is 26.5. The van der Waals surface area contributed by atoms with Crippen molar-refractivity contribution in [3.63, 3.8) is 0 Å². The van der Waals surface area contributed by atoms with Gasteiger partial charge >= 0.3 is 0 Å². The van der Waals surface area contributed by atoms with Crippen molar-refractivity contribution in [2.45, 2.75) is 51.1 Å². The highest BCUT2D eigenvalue weighted by atomic mass is 32.2. The number of nitrogens with zero attached hydrogens (tertiary/aromatic N) is 1. The Hall–Kier alpha value is -0.910. The van der Waals surface area contributed by atoms with Gasteiger partial charge in [-0.2, -0.15) is 0 Å². The Balaban J connectivity index is 2.35. The summed E-state index contributed by atoms with van der Waals surface area (Å²) in [5.41, 5.74) is 2.92. The van der Waals surface area contributed by atoms with E-state index in [0.717, 1.165) is 23.2 Å². The number of sulfonamides is 1. The van der Waals surface area contributed by atoms with E-state index in [4.69, 9.17) is 0 Å². The van der Waals surface area contributed by atoms with Crippen molar-refractivity contribution in [2.24, 2.45) is 0 Å². The molecule has 0 bridgehead atoms. The molecule has 1 aliphatic carbocycles. The van der Waals surface area contributed by atoms with Gasteiger partial charge in [-0.15, -0.1) is 0 Å². The molecular formula is C15H24N2O2S. The minimum atomic E-state index is -3.38. The Labute approximate surface area is 122 Å². The average molecular weight is 296 g/mol. The summed E-state index contributed by atoms with van der Waals surface area (Å²) in [5.74, 6) is 0. The van der Waals surface area contributed by atoms with Gasteiger partial charge in [0.25, 0.3) is 0 Å².